The third-order valence-corrected chi connectivity index (χ3v) is 3.82. The normalized spacial score (nSPS) is 11.4. The van der Waals surface area contributed by atoms with Gasteiger partial charge in [0.05, 0.1) is 6.21 Å². The number of hydrogen-bond donors (Lipinski definition) is 0. The number of aryl methyl sites for hydroxylation is 2. The first-order valence-corrected chi connectivity index (χ1v) is 7.37. The highest BCUT2D eigenvalue weighted by Gasteiger charge is 2.11. The third kappa shape index (κ3) is 2.57. The maximum atomic E-state index is 4.34. The molecule has 5 heteroatoms. The molecular weight excluding hydrogens is 274 g/mol. The minimum absolute atomic E-state index is 1.01. The van der Waals surface area contributed by atoms with Crippen LogP contribution in [-0.2, 0) is 6.42 Å². The van der Waals surface area contributed by atoms with Crippen molar-refractivity contribution < 1.29 is 0 Å². The Bertz CT molecular complexity index is 797. The van der Waals surface area contributed by atoms with Crippen molar-refractivity contribution >= 4 is 6.21 Å². The van der Waals surface area contributed by atoms with Crippen LogP contribution < -0.4 is 0 Å². The molecule has 0 saturated heterocycles. The van der Waals surface area contributed by atoms with Crippen LogP contribution in [0.5, 0.6) is 0 Å². The Kier molecular flexibility index (Phi) is 3.87. The Morgan fingerprint density at radius 3 is 2.59 bits per heavy atom. The van der Waals surface area contributed by atoms with Gasteiger partial charge in [0.25, 0.3) is 0 Å². The highest BCUT2D eigenvalue weighted by atomic mass is 15.4. The van der Waals surface area contributed by atoms with Crippen LogP contribution in [-0.4, -0.2) is 25.7 Å². The minimum atomic E-state index is 1.01. The molecule has 0 aliphatic carbocycles. The molecule has 0 amide bonds. The average Bonchev–Trinajstić information content (AvgIpc) is 3.14. The summed E-state index contributed by atoms with van der Waals surface area (Å²) in [6.45, 7) is 6.42. The second kappa shape index (κ2) is 5.97. The second-order valence-corrected chi connectivity index (χ2v) is 5.23. The van der Waals surface area contributed by atoms with Gasteiger partial charge in [-0.1, -0.05) is 25.1 Å². The molecule has 0 bridgehead atoms. The van der Waals surface area contributed by atoms with Crippen molar-refractivity contribution in [1.82, 2.24) is 19.4 Å². The van der Waals surface area contributed by atoms with E-state index in [1.807, 2.05) is 6.21 Å². The maximum Gasteiger partial charge on any atom is 0.141 e. The summed E-state index contributed by atoms with van der Waals surface area (Å²) in [6.07, 6.45) is 6.00. The van der Waals surface area contributed by atoms with Gasteiger partial charge in [0.1, 0.15) is 12.7 Å². The van der Waals surface area contributed by atoms with E-state index >= 15 is 0 Å². The summed E-state index contributed by atoms with van der Waals surface area (Å²) >= 11 is 0. The van der Waals surface area contributed by atoms with Gasteiger partial charge in [-0.2, -0.15) is 5.10 Å². The fourth-order valence-electron chi connectivity index (χ4n) is 2.70. The zero-order valence-electron chi connectivity index (χ0n) is 13.1. The molecule has 3 rings (SSSR count). The van der Waals surface area contributed by atoms with E-state index in [1.165, 1.54) is 22.6 Å². The quantitative estimate of drug-likeness (QED) is 0.694. The van der Waals surface area contributed by atoms with Crippen LogP contribution in [0.3, 0.4) is 0 Å². The van der Waals surface area contributed by atoms with Crippen molar-refractivity contribution in [1.29, 1.82) is 0 Å². The van der Waals surface area contributed by atoms with Gasteiger partial charge >= 0.3 is 0 Å². The van der Waals surface area contributed by atoms with Gasteiger partial charge in [0.15, 0.2) is 0 Å². The van der Waals surface area contributed by atoms with Crippen LogP contribution >= 0.6 is 0 Å². The van der Waals surface area contributed by atoms with E-state index in [2.05, 4.69) is 71.0 Å². The number of benzene rings is 1. The lowest BCUT2D eigenvalue weighted by Crippen LogP contribution is -2.03. The van der Waals surface area contributed by atoms with Crippen LogP contribution in [0.2, 0.25) is 0 Å². The molecular formula is C17H19N5. The summed E-state index contributed by atoms with van der Waals surface area (Å²) in [7, 11) is 0. The van der Waals surface area contributed by atoms with Gasteiger partial charge in [-0.05, 0) is 38.0 Å². The molecule has 2 heterocycles. The number of nitrogens with zero attached hydrogens (tertiary/aromatic N) is 5. The zero-order chi connectivity index (χ0) is 15.5. The fourth-order valence-corrected chi connectivity index (χ4v) is 2.70. The largest absolute Gasteiger partial charge is 0.318 e. The Hall–Kier alpha value is -2.69. The van der Waals surface area contributed by atoms with Crippen LogP contribution in [0.15, 0.2) is 48.1 Å². The first-order chi connectivity index (χ1) is 10.7. The summed E-state index contributed by atoms with van der Waals surface area (Å²) in [6, 6.07) is 10.7. The first-order valence-electron chi connectivity index (χ1n) is 7.37. The van der Waals surface area contributed by atoms with E-state index in [9.17, 15) is 0 Å². The Labute approximate surface area is 129 Å². The van der Waals surface area contributed by atoms with Crippen molar-refractivity contribution in [2.45, 2.75) is 27.2 Å². The van der Waals surface area contributed by atoms with Crippen molar-refractivity contribution in [2.75, 3.05) is 0 Å². The minimum Gasteiger partial charge on any atom is -0.318 e. The SMILES string of the molecule is CCc1ccccc1-n1c(C)cc(/C=N\n2cnnc2)c1C. The monoisotopic (exact) mass is 293 g/mol. The molecule has 0 aliphatic rings. The second-order valence-electron chi connectivity index (χ2n) is 5.23. The summed E-state index contributed by atoms with van der Waals surface area (Å²) in [5.74, 6) is 0. The molecule has 0 N–H and O–H groups in total. The van der Waals surface area contributed by atoms with E-state index in [0.717, 1.165) is 12.0 Å². The highest BCUT2D eigenvalue weighted by molar-refractivity contribution is 5.82. The standard InChI is InChI=1S/C17H19N5/c1-4-15-7-5-6-8-17(15)22-13(2)9-16(14(22)3)10-20-21-11-18-19-12-21/h5-12H,4H2,1-3H3/b20-10-. The molecule has 1 aromatic carbocycles. The Morgan fingerprint density at radius 2 is 1.86 bits per heavy atom. The predicted molar refractivity (Wildman–Crippen MR) is 87.6 cm³/mol. The van der Waals surface area contributed by atoms with Gasteiger partial charge in [-0.15, -0.1) is 10.2 Å². The zero-order valence-corrected chi connectivity index (χ0v) is 13.1. The van der Waals surface area contributed by atoms with Gasteiger partial charge in [-0.3, -0.25) is 0 Å². The lowest BCUT2D eigenvalue weighted by Gasteiger charge is -2.13. The number of hydrogen-bond acceptors (Lipinski definition) is 3. The molecule has 0 spiro atoms. The number of para-hydroxylation sites is 1. The van der Waals surface area contributed by atoms with Crippen molar-refractivity contribution in [3.05, 3.63) is 65.5 Å². The Balaban J connectivity index is 2.04. The van der Waals surface area contributed by atoms with Crippen LogP contribution in [0, 0.1) is 13.8 Å². The van der Waals surface area contributed by atoms with E-state index in [0.29, 0.717) is 0 Å². The molecule has 0 unspecified atom stereocenters. The Morgan fingerprint density at radius 1 is 1.14 bits per heavy atom. The van der Waals surface area contributed by atoms with Crippen LogP contribution in [0.1, 0.15) is 29.4 Å². The van der Waals surface area contributed by atoms with E-state index in [-0.39, 0.29) is 0 Å². The molecule has 5 nitrogen and oxygen atoms in total. The molecule has 112 valence electrons. The van der Waals surface area contributed by atoms with Crippen LogP contribution in [0.4, 0.5) is 0 Å². The molecule has 2 aromatic heterocycles. The molecule has 0 atom stereocenters. The first kappa shape index (κ1) is 14.3. The number of aromatic nitrogens is 4. The predicted octanol–water partition coefficient (Wildman–Crippen LogP) is 3.13. The fraction of sp³-hybridized carbons (Fsp3) is 0.235. The molecule has 0 aliphatic heterocycles. The van der Waals surface area contributed by atoms with Gasteiger partial charge < -0.3 is 4.57 Å². The summed E-state index contributed by atoms with van der Waals surface area (Å²) in [5, 5.41) is 11.8. The topological polar surface area (TPSA) is 48.0 Å². The van der Waals surface area contributed by atoms with Gasteiger partial charge in [0.2, 0.25) is 0 Å². The lowest BCUT2D eigenvalue weighted by molar-refractivity contribution is 0.877. The molecule has 0 saturated carbocycles. The number of rotatable bonds is 4. The van der Waals surface area contributed by atoms with E-state index in [1.54, 1.807) is 17.3 Å². The van der Waals surface area contributed by atoms with E-state index < -0.39 is 0 Å². The summed E-state index contributed by atoms with van der Waals surface area (Å²) in [4.78, 5) is 0. The van der Waals surface area contributed by atoms with Crippen molar-refractivity contribution in [2.24, 2.45) is 5.10 Å². The third-order valence-electron chi connectivity index (χ3n) is 3.82. The maximum absolute atomic E-state index is 4.34. The summed E-state index contributed by atoms with van der Waals surface area (Å²) < 4.78 is 3.87. The van der Waals surface area contributed by atoms with Crippen LogP contribution in [0.25, 0.3) is 5.69 Å². The van der Waals surface area contributed by atoms with Crippen molar-refractivity contribution in [3.8, 4) is 5.69 Å². The smallest absolute Gasteiger partial charge is 0.141 e. The molecule has 22 heavy (non-hydrogen) atoms. The molecule has 3 aromatic rings. The average molecular weight is 293 g/mol. The van der Waals surface area contributed by atoms with Gasteiger partial charge in [0, 0.05) is 22.6 Å². The lowest BCUT2D eigenvalue weighted by atomic mass is 10.1. The van der Waals surface area contributed by atoms with Gasteiger partial charge in [-0.25, -0.2) is 4.68 Å². The van der Waals surface area contributed by atoms with E-state index in [4.69, 9.17) is 0 Å². The highest BCUT2D eigenvalue weighted by Crippen LogP contribution is 2.23. The molecule has 0 radical (unpaired) electrons. The molecule has 0 fully saturated rings. The van der Waals surface area contributed by atoms with Crippen molar-refractivity contribution in [3.63, 3.8) is 0 Å². The summed E-state index contributed by atoms with van der Waals surface area (Å²) in [5.41, 5.74) is 6.05.